The first-order valence-corrected chi connectivity index (χ1v) is 4.83. The molecule has 1 heterocycles. The van der Waals surface area contributed by atoms with Gasteiger partial charge in [-0.25, -0.2) is 9.59 Å². The Balaban J connectivity index is 2.37. The van der Waals surface area contributed by atoms with Gasteiger partial charge >= 0.3 is 11.9 Å². The third-order valence-electron chi connectivity index (χ3n) is 1.87. The molecule has 1 aliphatic heterocycles. The number of aliphatic hydroxyl groups is 1. The van der Waals surface area contributed by atoms with Crippen LogP contribution in [0.2, 0.25) is 0 Å². The monoisotopic (exact) mass is 245 g/mol. The Morgan fingerprint density at radius 2 is 1.88 bits per heavy atom. The Hall–Kier alpha value is -1.96. The third kappa shape index (κ3) is 3.52. The zero-order valence-electron chi connectivity index (χ0n) is 9.04. The average molecular weight is 245 g/mol. The van der Waals surface area contributed by atoms with E-state index in [-0.39, 0.29) is 12.8 Å². The van der Waals surface area contributed by atoms with Gasteiger partial charge < -0.3 is 14.7 Å². The summed E-state index contributed by atoms with van der Waals surface area (Å²) in [4.78, 5) is 48.4. The summed E-state index contributed by atoms with van der Waals surface area (Å²) in [6, 6.07) is 0. The van der Waals surface area contributed by atoms with Crippen LogP contribution >= 0.6 is 0 Å². The van der Waals surface area contributed by atoms with Crippen LogP contribution in [0.1, 0.15) is 19.8 Å². The van der Waals surface area contributed by atoms with Crippen molar-refractivity contribution in [2.24, 2.45) is 0 Å². The minimum absolute atomic E-state index is 0.0143. The molecule has 8 nitrogen and oxygen atoms in total. The summed E-state index contributed by atoms with van der Waals surface area (Å²) in [6.07, 6.45) is -1.39. The summed E-state index contributed by atoms with van der Waals surface area (Å²) in [5.41, 5.74) is 0. The van der Waals surface area contributed by atoms with Crippen LogP contribution in [0.3, 0.4) is 0 Å². The van der Waals surface area contributed by atoms with E-state index in [4.69, 9.17) is 5.11 Å². The summed E-state index contributed by atoms with van der Waals surface area (Å²) < 4.78 is 4.33. The highest BCUT2D eigenvalue weighted by molar-refractivity contribution is 6.01. The summed E-state index contributed by atoms with van der Waals surface area (Å²) in [6.45, 7) is 0.391. The highest BCUT2D eigenvalue weighted by atomic mass is 16.7. The Morgan fingerprint density at radius 3 is 2.35 bits per heavy atom. The van der Waals surface area contributed by atoms with Crippen LogP contribution in [0, 0.1) is 0 Å². The van der Waals surface area contributed by atoms with E-state index < -0.39 is 36.5 Å². The van der Waals surface area contributed by atoms with Gasteiger partial charge in [0.25, 0.3) is 11.8 Å². The fraction of sp³-hybridized carbons (Fsp3) is 0.556. The fourth-order valence-corrected chi connectivity index (χ4v) is 1.04. The van der Waals surface area contributed by atoms with Gasteiger partial charge in [0.2, 0.25) is 0 Å². The molecule has 1 saturated heterocycles. The van der Waals surface area contributed by atoms with Gasteiger partial charge in [0.15, 0.2) is 6.61 Å². The first-order chi connectivity index (χ1) is 7.91. The van der Waals surface area contributed by atoms with Crippen LogP contribution in [-0.4, -0.2) is 46.6 Å². The van der Waals surface area contributed by atoms with E-state index in [1.807, 2.05) is 0 Å². The van der Waals surface area contributed by atoms with Crippen LogP contribution in [0.5, 0.6) is 0 Å². The van der Waals surface area contributed by atoms with E-state index >= 15 is 0 Å². The SMILES string of the molecule is CC(O)C(=O)OCC(=O)ON1C(=O)CCC1=O. The van der Waals surface area contributed by atoms with Gasteiger partial charge in [-0.3, -0.25) is 9.59 Å². The number of rotatable bonds is 4. The minimum Gasteiger partial charge on any atom is -0.452 e. The van der Waals surface area contributed by atoms with Gasteiger partial charge in [0, 0.05) is 12.8 Å². The maximum atomic E-state index is 11.1. The zero-order valence-corrected chi connectivity index (χ0v) is 9.04. The largest absolute Gasteiger partial charge is 0.452 e. The fourth-order valence-electron chi connectivity index (χ4n) is 1.04. The number of hydroxylamine groups is 2. The maximum Gasteiger partial charge on any atom is 0.370 e. The van der Waals surface area contributed by atoms with Crippen LogP contribution in [0.4, 0.5) is 0 Å². The van der Waals surface area contributed by atoms with E-state index in [2.05, 4.69) is 9.57 Å². The molecule has 0 bridgehead atoms. The van der Waals surface area contributed by atoms with Gasteiger partial charge in [-0.05, 0) is 6.92 Å². The molecule has 0 radical (unpaired) electrons. The lowest BCUT2D eigenvalue weighted by atomic mass is 10.4. The van der Waals surface area contributed by atoms with Crippen molar-refractivity contribution < 1.29 is 33.9 Å². The van der Waals surface area contributed by atoms with Crippen molar-refractivity contribution in [3.63, 3.8) is 0 Å². The molecule has 1 atom stereocenters. The number of carbonyl (C=O) groups excluding carboxylic acids is 4. The summed E-state index contributed by atoms with van der Waals surface area (Å²) >= 11 is 0. The molecule has 0 aromatic carbocycles. The molecule has 1 fully saturated rings. The topological polar surface area (TPSA) is 110 Å². The van der Waals surface area contributed by atoms with Crippen LogP contribution in [0.15, 0.2) is 0 Å². The number of hydrogen-bond donors (Lipinski definition) is 1. The molecular weight excluding hydrogens is 234 g/mol. The third-order valence-corrected chi connectivity index (χ3v) is 1.87. The second-order valence-electron chi connectivity index (χ2n) is 3.33. The van der Waals surface area contributed by atoms with Crippen LogP contribution in [-0.2, 0) is 28.8 Å². The van der Waals surface area contributed by atoms with E-state index in [1.54, 1.807) is 0 Å². The Morgan fingerprint density at radius 1 is 1.35 bits per heavy atom. The number of amides is 2. The Bertz CT molecular complexity index is 346. The molecule has 94 valence electrons. The lowest BCUT2D eigenvalue weighted by Gasteiger charge is -2.12. The van der Waals surface area contributed by atoms with Crippen molar-refractivity contribution in [1.29, 1.82) is 0 Å². The van der Waals surface area contributed by atoms with Crippen molar-refractivity contribution in [3.8, 4) is 0 Å². The molecule has 1 rings (SSSR count). The first-order valence-electron chi connectivity index (χ1n) is 4.83. The normalized spacial score (nSPS) is 16.9. The van der Waals surface area contributed by atoms with E-state index in [1.165, 1.54) is 6.92 Å². The van der Waals surface area contributed by atoms with Crippen molar-refractivity contribution in [2.75, 3.05) is 6.61 Å². The molecule has 0 saturated carbocycles. The van der Waals surface area contributed by atoms with Gasteiger partial charge in [-0.2, -0.15) is 0 Å². The van der Waals surface area contributed by atoms with Crippen molar-refractivity contribution >= 4 is 23.8 Å². The molecule has 1 aliphatic rings. The molecule has 17 heavy (non-hydrogen) atoms. The standard InChI is InChI=1S/C9H11NO7/c1-5(11)9(15)16-4-8(14)17-10-6(12)2-3-7(10)13/h5,11H,2-4H2,1H3. The number of nitrogens with zero attached hydrogens (tertiary/aromatic N) is 1. The number of hydrogen-bond acceptors (Lipinski definition) is 7. The number of ether oxygens (including phenoxy) is 1. The van der Waals surface area contributed by atoms with Crippen molar-refractivity contribution in [1.82, 2.24) is 5.06 Å². The smallest absolute Gasteiger partial charge is 0.370 e. The number of esters is 1. The highest BCUT2D eigenvalue weighted by Gasteiger charge is 2.33. The molecular formula is C9H11NO7. The molecule has 2 amide bonds. The quantitative estimate of drug-likeness (QED) is 0.475. The Labute approximate surface area is 96.0 Å². The number of aliphatic hydroxyl groups excluding tert-OH is 1. The molecule has 1 N–H and O–H groups in total. The number of imide groups is 1. The predicted octanol–water partition coefficient (Wildman–Crippen LogP) is -1.48. The molecule has 0 spiro atoms. The van der Waals surface area contributed by atoms with E-state index in [0.717, 1.165) is 0 Å². The van der Waals surface area contributed by atoms with E-state index in [9.17, 15) is 19.2 Å². The minimum atomic E-state index is -1.36. The summed E-state index contributed by atoms with van der Waals surface area (Å²) in [5, 5.41) is 9.10. The van der Waals surface area contributed by atoms with Gasteiger partial charge in [-0.15, -0.1) is 5.06 Å². The van der Waals surface area contributed by atoms with E-state index in [0.29, 0.717) is 5.06 Å². The van der Waals surface area contributed by atoms with Gasteiger partial charge in [-0.1, -0.05) is 0 Å². The zero-order chi connectivity index (χ0) is 13.0. The lowest BCUT2D eigenvalue weighted by Crippen LogP contribution is -2.34. The lowest BCUT2D eigenvalue weighted by molar-refractivity contribution is -0.201. The summed E-state index contributed by atoms with van der Waals surface area (Å²) in [7, 11) is 0. The maximum absolute atomic E-state index is 11.1. The first kappa shape index (κ1) is 13.1. The van der Waals surface area contributed by atoms with Gasteiger partial charge in [0.05, 0.1) is 0 Å². The highest BCUT2D eigenvalue weighted by Crippen LogP contribution is 2.11. The molecule has 0 aromatic rings. The molecule has 0 aliphatic carbocycles. The van der Waals surface area contributed by atoms with Gasteiger partial charge in [0.1, 0.15) is 6.10 Å². The number of carbonyl (C=O) groups is 4. The molecule has 1 unspecified atom stereocenters. The second kappa shape index (κ2) is 5.39. The second-order valence-corrected chi connectivity index (χ2v) is 3.33. The van der Waals surface area contributed by atoms with Crippen LogP contribution < -0.4 is 0 Å². The molecule has 8 heteroatoms. The van der Waals surface area contributed by atoms with Crippen LogP contribution in [0.25, 0.3) is 0 Å². The molecule has 0 aromatic heterocycles. The average Bonchev–Trinajstić information content (AvgIpc) is 2.57. The Kier molecular flexibility index (Phi) is 4.16. The van der Waals surface area contributed by atoms with Crippen molar-refractivity contribution in [3.05, 3.63) is 0 Å². The predicted molar refractivity (Wildman–Crippen MR) is 49.8 cm³/mol. The van der Waals surface area contributed by atoms with Crippen molar-refractivity contribution in [2.45, 2.75) is 25.9 Å². The summed E-state index contributed by atoms with van der Waals surface area (Å²) in [5.74, 6) is -3.31.